The zero-order valence-corrected chi connectivity index (χ0v) is 39.6. The minimum absolute atomic E-state index is 0.00105. The third kappa shape index (κ3) is 47.6. The first kappa shape index (κ1) is 56.0. The largest absolute Gasteiger partial charge is 0.444 e. The Hall–Kier alpha value is -0.990. The highest BCUT2D eigenvalue weighted by atomic mass is 32.2. The SMILES string of the molecule is CCCCCCCCCCCCCCCCCCOCC(CSCCC(=O)NCCNC(=O)OC(C)(C)C)OCCCCCCCCCCCCCCCCCC. The lowest BCUT2D eigenvalue weighted by Crippen LogP contribution is -2.37. The van der Waals surface area contributed by atoms with Crippen LogP contribution in [0.2, 0.25) is 0 Å². The molecule has 2 N–H and O–H groups in total. The molecular weight excluding hydrogens is 729 g/mol. The molecule has 0 aromatic heterocycles. The number of unbranched alkanes of at least 4 members (excludes halogenated alkanes) is 30. The van der Waals surface area contributed by atoms with Gasteiger partial charge in [0, 0.05) is 44.2 Å². The summed E-state index contributed by atoms with van der Waals surface area (Å²) in [6, 6.07) is 0. The number of amides is 2. The Kier molecular flexibility index (Phi) is 43.8. The van der Waals surface area contributed by atoms with E-state index >= 15 is 0 Å². The van der Waals surface area contributed by atoms with Crippen molar-refractivity contribution in [3.05, 3.63) is 0 Å². The summed E-state index contributed by atoms with van der Waals surface area (Å²) in [5.41, 5.74) is -0.533. The number of carbonyl (C=O) groups excluding carboxylic acids is 2. The van der Waals surface area contributed by atoms with Gasteiger partial charge in [-0.15, -0.1) is 0 Å². The second-order valence-electron chi connectivity index (χ2n) is 17.8. The number of rotatable bonds is 45. The average Bonchev–Trinajstić information content (AvgIpc) is 3.17. The lowest BCUT2D eigenvalue weighted by Gasteiger charge is -2.19. The monoisotopic (exact) mass is 827 g/mol. The molecule has 8 heteroatoms. The van der Waals surface area contributed by atoms with Gasteiger partial charge in [-0.3, -0.25) is 4.79 Å². The van der Waals surface area contributed by atoms with Crippen molar-refractivity contribution in [2.75, 3.05) is 44.4 Å². The molecule has 57 heavy (non-hydrogen) atoms. The molecule has 0 rings (SSSR count). The predicted molar refractivity (Wildman–Crippen MR) is 249 cm³/mol. The molecule has 0 aromatic carbocycles. The van der Waals surface area contributed by atoms with Crippen LogP contribution in [0.25, 0.3) is 0 Å². The fourth-order valence-corrected chi connectivity index (χ4v) is 8.11. The van der Waals surface area contributed by atoms with Gasteiger partial charge >= 0.3 is 6.09 Å². The van der Waals surface area contributed by atoms with Crippen LogP contribution in [0, 0.1) is 0 Å². The van der Waals surface area contributed by atoms with Gasteiger partial charge in [0.1, 0.15) is 5.60 Å². The van der Waals surface area contributed by atoms with Crippen molar-refractivity contribution >= 4 is 23.8 Å². The lowest BCUT2D eigenvalue weighted by molar-refractivity contribution is -0.120. The summed E-state index contributed by atoms with van der Waals surface area (Å²) >= 11 is 1.76. The van der Waals surface area contributed by atoms with E-state index in [-0.39, 0.29) is 12.0 Å². The molecule has 0 heterocycles. The van der Waals surface area contributed by atoms with E-state index in [1.54, 1.807) is 11.8 Å². The minimum Gasteiger partial charge on any atom is -0.444 e. The summed E-state index contributed by atoms with van der Waals surface area (Å²) in [7, 11) is 0. The number of carbonyl (C=O) groups is 2. The van der Waals surface area contributed by atoms with E-state index < -0.39 is 11.7 Å². The Morgan fingerprint density at radius 1 is 0.509 bits per heavy atom. The Balaban J connectivity index is 4.10. The Morgan fingerprint density at radius 2 is 0.877 bits per heavy atom. The van der Waals surface area contributed by atoms with Crippen molar-refractivity contribution in [2.45, 2.75) is 258 Å². The smallest absolute Gasteiger partial charge is 0.407 e. The van der Waals surface area contributed by atoms with Gasteiger partial charge in [0.2, 0.25) is 5.91 Å². The molecule has 0 saturated carbocycles. The van der Waals surface area contributed by atoms with E-state index in [4.69, 9.17) is 14.2 Å². The molecule has 0 aliphatic heterocycles. The number of hydrogen-bond donors (Lipinski definition) is 2. The Bertz CT molecular complexity index is 839. The highest BCUT2D eigenvalue weighted by Crippen LogP contribution is 2.16. The van der Waals surface area contributed by atoms with Gasteiger partial charge in [0.05, 0.1) is 12.7 Å². The van der Waals surface area contributed by atoms with Gasteiger partial charge in [-0.25, -0.2) is 4.79 Å². The zero-order chi connectivity index (χ0) is 41.8. The number of alkyl carbamates (subject to hydrolysis) is 1. The molecule has 0 aliphatic rings. The van der Waals surface area contributed by atoms with Crippen molar-refractivity contribution in [3.8, 4) is 0 Å². The van der Waals surface area contributed by atoms with Crippen LogP contribution in [0.4, 0.5) is 4.79 Å². The van der Waals surface area contributed by atoms with Gasteiger partial charge in [-0.2, -0.15) is 11.8 Å². The van der Waals surface area contributed by atoms with Crippen LogP contribution in [0.3, 0.4) is 0 Å². The second kappa shape index (κ2) is 44.6. The molecule has 2 amide bonds. The van der Waals surface area contributed by atoms with Crippen molar-refractivity contribution in [1.29, 1.82) is 0 Å². The third-order valence-electron chi connectivity index (χ3n) is 10.7. The van der Waals surface area contributed by atoms with Gasteiger partial charge in [-0.1, -0.05) is 206 Å². The molecule has 0 bridgehead atoms. The summed E-state index contributed by atoms with van der Waals surface area (Å²) < 4.78 is 17.7. The van der Waals surface area contributed by atoms with Crippen molar-refractivity contribution < 1.29 is 23.8 Å². The van der Waals surface area contributed by atoms with Crippen molar-refractivity contribution in [2.24, 2.45) is 0 Å². The molecule has 7 nitrogen and oxygen atoms in total. The molecular formula is C49H98N2O5S. The highest BCUT2D eigenvalue weighted by Gasteiger charge is 2.16. The maximum Gasteiger partial charge on any atom is 0.407 e. The van der Waals surface area contributed by atoms with Crippen LogP contribution in [-0.2, 0) is 19.0 Å². The molecule has 0 spiro atoms. The van der Waals surface area contributed by atoms with Crippen LogP contribution >= 0.6 is 11.8 Å². The van der Waals surface area contributed by atoms with Crippen LogP contribution in [-0.4, -0.2) is 68.1 Å². The predicted octanol–water partition coefficient (Wildman–Crippen LogP) is 14.7. The lowest BCUT2D eigenvalue weighted by atomic mass is 10.0. The van der Waals surface area contributed by atoms with Gasteiger partial charge in [0.25, 0.3) is 0 Å². The normalized spacial score (nSPS) is 12.2. The highest BCUT2D eigenvalue weighted by molar-refractivity contribution is 7.99. The molecule has 0 fully saturated rings. The maximum absolute atomic E-state index is 12.3. The fourth-order valence-electron chi connectivity index (χ4n) is 7.16. The van der Waals surface area contributed by atoms with Crippen LogP contribution in [0.5, 0.6) is 0 Å². The number of ether oxygens (including phenoxy) is 3. The summed E-state index contributed by atoms with van der Waals surface area (Å²) in [5.74, 6) is 1.58. The first-order valence-electron chi connectivity index (χ1n) is 24.8. The first-order chi connectivity index (χ1) is 27.8. The molecule has 0 radical (unpaired) electrons. The summed E-state index contributed by atoms with van der Waals surface area (Å²) in [4.78, 5) is 24.1. The van der Waals surface area contributed by atoms with E-state index in [0.717, 1.165) is 37.6 Å². The number of nitrogens with one attached hydrogen (secondary N) is 2. The van der Waals surface area contributed by atoms with E-state index in [0.29, 0.717) is 26.1 Å². The molecule has 340 valence electrons. The second-order valence-corrected chi connectivity index (χ2v) is 18.9. The van der Waals surface area contributed by atoms with Crippen LogP contribution < -0.4 is 10.6 Å². The van der Waals surface area contributed by atoms with Crippen LogP contribution in [0.1, 0.15) is 247 Å². The van der Waals surface area contributed by atoms with E-state index in [9.17, 15) is 9.59 Å². The topological polar surface area (TPSA) is 85.9 Å². The number of thioether (sulfide) groups is 1. The molecule has 1 atom stereocenters. The maximum atomic E-state index is 12.3. The number of hydrogen-bond acceptors (Lipinski definition) is 6. The minimum atomic E-state index is -0.533. The Morgan fingerprint density at radius 3 is 1.28 bits per heavy atom. The van der Waals surface area contributed by atoms with Crippen LogP contribution in [0.15, 0.2) is 0 Å². The Labute approximate surface area is 359 Å². The molecule has 0 aliphatic carbocycles. The third-order valence-corrected chi connectivity index (χ3v) is 11.8. The average molecular weight is 827 g/mol. The summed E-state index contributed by atoms with van der Waals surface area (Å²) in [6.45, 7) is 13.0. The van der Waals surface area contributed by atoms with Gasteiger partial charge in [0.15, 0.2) is 0 Å². The van der Waals surface area contributed by atoms with E-state index in [1.807, 2.05) is 20.8 Å². The van der Waals surface area contributed by atoms with Crippen molar-refractivity contribution in [3.63, 3.8) is 0 Å². The van der Waals surface area contributed by atoms with E-state index in [2.05, 4.69) is 24.5 Å². The molecule has 0 saturated heterocycles. The van der Waals surface area contributed by atoms with E-state index in [1.165, 1.54) is 193 Å². The van der Waals surface area contributed by atoms with Crippen molar-refractivity contribution in [1.82, 2.24) is 10.6 Å². The summed E-state index contributed by atoms with van der Waals surface area (Å²) in [6.07, 6.45) is 44.0. The standard InChI is InChI=1S/C49H98N2O5S/c1-6-8-10-12-14-16-18-20-22-24-26-28-30-32-34-36-41-54-44-46(45-57-43-38-47(52)50-39-40-51-48(53)56-49(3,4)5)55-42-37-35-33-31-29-27-25-23-21-19-17-15-13-11-9-7-2/h46H,6-45H2,1-5H3,(H,50,52)(H,51,53). The zero-order valence-electron chi connectivity index (χ0n) is 38.8. The quantitative estimate of drug-likeness (QED) is 0.0595. The molecule has 0 aromatic rings. The van der Waals surface area contributed by atoms with Gasteiger partial charge in [-0.05, 0) is 33.6 Å². The molecule has 1 unspecified atom stereocenters. The first-order valence-corrected chi connectivity index (χ1v) is 25.9. The van der Waals surface area contributed by atoms with Gasteiger partial charge < -0.3 is 24.8 Å². The fraction of sp³-hybridized carbons (Fsp3) is 0.959. The summed E-state index contributed by atoms with van der Waals surface area (Å²) in [5, 5.41) is 5.57.